The number of hydrogen-bond acceptors (Lipinski definition) is 5. The molecule has 0 aromatic heterocycles. The van der Waals surface area contributed by atoms with E-state index in [1.807, 2.05) is 0 Å². The van der Waals surface area contributed by atoms with E-state index in [1.165, 1.54) is 15.9 Å². The number of aryl methyl sites for hydroxylation is 1. The summed E-state index contributed by atoms with van der Waals surface area (Å²) in [7, 11) is -2.01. The third-order valence-electron chi connectivity index (χ3n) is 10.5. The highest BCUT2D eigenvalue weighted by Crippen LogP contribution is 2.62. The van der Waals surface area contributed by atoms with Gasteiger partial charge in [0.1, 0.15) is 0 Å². The zero-order valence-corrected chi connectivity index (χ0v) is 27.8. The number of rotatable bonds is 10. The van der Waals surface area contributed by atoms with Gasteiger partial charge in [0.2, 0.25) is 9.04 Å². The average molecular weight is 615 g/mol. The highest BCUT2D eigenvalue weighted by molar-refractivity contribution is 6.80. The zero-order chi connectivity index (χ0) is 30.6. The first kappa shape index (κ1) is 31.7. The smallest absolute Gasteiger partial charge is 0.239 e. The minimum absolute atomic E-state index is 0.000912. The normalized spacial score (nSPS) is 30.8. The second-order valence-electron chi connectivity index (χ2n) is 14.3. The van der Waals surface area contributed by atoms with E-state index in [4.69, 9.17) is 18.6 Å². The van der Waals surface area contributed by atoms with Gasteiger partial charge in [-0.3, -0.25) is 0 Å². The largest absolute Gasteiger partial charge is 0.410 e. The van der Waals surface area contributed by atoms with E-state index < -0.39 is 15.3 Å². The summed E-state index contributed by atoms with van der Waals surface area (Å²) in [5, 5.41) is 14.2. The Labute approximate surface area is 265 Å². The molecule has 5 nitrogen and oxygen atoms in total. The lowest BCUT2D eigenvalue weighted by Crippen LogP contribution is -2.55. The van der Waals surface area contributed by atoms with Gasteiger partial charge in [-0.25, -0.2) is 0 Å². The van der Waals surface area contributed by atoms with Crippen LogP contribution in [-0.2, 0) is 25.1 Å². The van der Waals surface area contributed by atoms with Gasteiger partial charge in [0.25, 0.3) is 0 Å². The van der Waals surface area contributed by atoms with Crippen molar-refractivity contribution in [2.45, 2.75) is 78.0 Å². The van der Waals surface area contributed by atoms with Crippen molar-refractivity contribution in [1.29, 1.82) is 0 Å². The molecule has 3 aromatic carbocycles. The molecular formula is C38H50O5Si. The summed E-state index contributed by atoms with van der Waals surface area (Å²) in [6.45, 7) is 8.78. The SMILES string of the molecule is CC(C)(C)[C@@H]1[C@H]2COC(O)C(CO[SiH](c3ccccc3)c3ccccc3)[C@]2(CCc2ccccc2)C[C@H]1OC1CCCCO1. The van der Waals surface area contributed by atoms with Gasteiger partial charge in [0.05, 0.1) is 12.7 Å². The first-order chi connectivity index (χ1) is 21.3. The number of ether oxygens (including phenoxy) is 3. The summed E-state index contributed by atoms with van der Waals surface area (Å²) < 4.78 is 26.4. The van der Waals surface area contributed by atoms with Crippen molar-refractivity contribution in [2.24, 2.45) is 28.6 Å². The fourth-order valence-corrected chi connectivity index (χ4v) is 10.8. The van der Waals surface area contributed by atoms with Crippen molar-refractivity contribution < 1.29 is 23.7 Å². The van der Waals surface area contributed by atoms with Crippen LogP contribution in [0.5, 0.6) is 0 Å². The van der Waals surface area contributed by atoms with Crippen molar-refractivity contribution in [3.63, 3.8) is 0 Å². The third kappa shape index (κ3) is 6.91. The fraction of sp³-hybridized carbons (Fsp3) is 0.526. The lowest BCUT2D eigenvalue weighted by atomic mass is 9.60. The molecule has 2 aliphatic heterocycles. The predicted octanol–water partition coefficient (Wildman–Crippen LogP) is 5.72. The summed E-state index contributed by atoms with van der Waals surface area (Å²) >= 11 is 0. The highest BCUT2D eigenvalue weighted by Gasteiger charge is 2.63. The molecule has 1 saturated carbocycles. The quantitative estimate of drug-likeness (QED) is 0.296. The molecule has 3 fully saturated rings. The number of aliphatic hydroxyl groups excluding tert-OH is 1. The molecule has 3 aromatic rings. The van der Waals surface area contributed by atoms with Crippen LogP contribution in [0.15, 0.2) is 91.0 Å². The molecule has 6 rings (SSSR count). The Morgan fingerprint density at radius 1 is 0.864 bits per heavy atom. The second-order valence-corrected chi connectivity index (χ2v) is 16.7. The van der Waals surface area contributed by atoms with Crippen LogP contribution >= 0.6 is 0 Å². The Bertz CT molecular complexity index is 1250. The molecule has 3 aliphatic rings. The van der Waals surface area contributed by atoms with E-state index in [0.29, 0.717) is 13.2 Å². The van der Waals surface area contributed by atoms with Crippen LogP contribution in [0.1, 0.15) is 58.4 Å². The van der Waals surface area contributed by atoms with E-state index in [1.54, 1.807) is 0 Å². The van der Waals surface area contributed by atoms with Crippen molar-refractivity contribution >= 4 is 19.4 Å². The first-order valence-electron chi connectivity index (χ1n) is 16.7. The molecule has 6 heteroatoms. The van der Waals surface area contributed by atoms with Crippen LogP contribution < -0.4 is 10.4 Å². The van der Waals surface area contributed by atoms with Crippen LogP contribution in [0.4, 0.5) is 0 Å². The first-order valence-corrected chi connectivity index (χ1v) is 18.3. The maximum Gasteiger partial charge on any atom is 0.239 e. The van der Waals surface area contributed by atoms with E-state index in [2.05, 4.69) is 112 Å². The van der Waals surface area contributed by atoms with Gasteiger partial charge < -0.3 is 23.7 Å². The Morgan fingerprint density at radius 2 is 1.50 bits per heavy atom. The highest BCUT2D eigenvalue weighted by atomic mass is 28.3. The summed E-state index contributed by atoms with van der Waals surface area (Å²) in [5.41, 5.74) is 1.13. The lowest BCUT2D eigenvalue weighted by molar-refractivity contribution is -0.238. The summed E-state index contributed by atoms with van der Waals surface area (Å²) in [4.78, 5) is 0. The minimum Gasteiger partial charge on any atom is -0.410 e. The fourth-order valence-electron chi connectivity index (χ4n) is 8.46. The number of hydrogen-bond donors (Lipinski definition) is 1. The molecule has 1 N–H and O–H groups in total. The summed E-state index contributed by atoms with van der Waals surface area (Å²) in [6, 6.07) is 32.0. The minimum atomic E-state index is -2.01. The summed E-state index contributed by atoms with van der Waals surface area (Å²) in [6.07, 6.45) is 4.97. The standard InChI is InChI=1S/C38H50O5Si/c1-37(2,3)35-31-26-41-36(39)32(27-42-44(29-17-9-5-10-18-29)30-19-11-6-12-20-30)38(31,23-22-28-15-7-4-8-16-28)25-33(35)43-34-21-13-14-24-40-34/h4-12,15-20,31-36,39,44H,13-14,21-27H2,1-3H3/t31-,32?,33-,34?,35-,36?,38-/m1/s1. The number of benzene rings is 3. The average Bonchev–Trinajstić information content (AvgIpc) is 3.37. The molecule has 3 unspecified atom stereocenters. The topological polar surface area (TPSA) is 57.2 Å². The Hall–Kier alpha value is -2.32. The molecule has 1 aliphatic carbocycles. The van der Waals surface area contributed by atoms with Gasteiger partial charge >= 0.3 is 0 Å². The molecule has 236 valence electrons. The van der Waals surface area contributed by atoms with Crippen LogP contribution in [-0.4, -0.2) is 52.7 Å². The van der Waals surface area contributed by atoms with Crippen molar-refractivity contribution in [1.82, 2.24) is 0 Å². The van der Waals surface area contributed by atoms with Gasteiger partial charge in [-0.2, -0.15) is 0 Å². The molecule has 0 spiro atoms. The predicted molar refractivity (Wildman–Crippen MR) is 177 cm³/mol. The second kappa shape index (κ2) is 14.0. The van der Waals surface area contributed by atoms with Crippen molar-refractivity contribution in [2.75, 3.05) is 19.8 Å². The maximum atomic E-state index is 11.7. The molecule has 0 bridgehead atoms. The van der Waals surface area contributed by atoms with Gasteiger partial charge in [-0.05, 0) is 77.1 Å². The Kier molecular flexibility index (Phi) is 10.1. The van der Waals surface area contributed by atoms with Gasteiger partial charge in [0, 0.05) is 19.1 Å². The molecular weight excluding hydrogens is 564 g/mol. The molecule has 7 atom stereocenters. The van der Waals surface area contributed by atoms with Crippen LogP contribution in [0.25, 0.3) is 0 Å². The Morgan fingerprint density at radius 3 is 2.09 bits per heavy atom. The van der Waals surface area contributed by atoms with E-state index >= 15 is 0 Å². The van der Waals surface area contributed by atoms with E-state index in [0.717, 1.165) is 45.1 Å². The third-order valence-corrected chi connectivity index (χ3v) is 13.0. The van der Waals surface area contributed by atoms with Crippen LogP contribution in [0.3, 0.4) is 0 Å². The zero-order valence-electron chi connectivity index (χ0n) is 26.6. The molecule has 44 heavy (non-hydrogen) atoms. The maximum absolute atomic E-state index is 11.7. The van der Waals surface area contributed by atoms with Crippen molar-refractivity contribution in [3.05, 3.63) is 96.6 Å². The van der Waals surface area contributed by atoms with Gasteiger partial charge in [0.15, 0.2) is 12.6 Å². The van der Waals surface area contributed by atoms with E-state index in [-0.39, 0.29) is 41.0 Å². The number of fused-ring (bicyclic) bond motifs is 1. The van der Waals surface area contributed by atoms with Crippen LogP contribution in [0, 0.1) is 28.6 Å². The lowest BCUT2D eigenvalue weighted by Gasteiger charge is -2.51. The van der Waals surface area contributed by atoms with Gasteiger partial charge in [-0.15, -0.1) is 0 Å². The summed E-state index contributed by atoms with van der Waals surface area (Å²) in [5.74, 6) is 0.346. The van der Waals surface area contributed by atoms with Crippen LogP contribution in [0.2, 0.25) is 0 Å². The molecule has 2 saturated heterocycles. The molecule has 0 radical (unpaired) electrons. The van der Waals surface area contributed by atoms with Crippen molar-refractivity contribution in [3.8, 4) is 0 Å². The van der Waals surface area contributed by atoms with E-state index in [9.17, 15) is 5.11 Å². The Balaban J connectivity index is 1.35. The molecule has 2 heterocycles. The number of aliphatic hydroxyl groups is 1. The molecule has 0 amide bonds. The monoisotopic (exact) mass is 614 g/mol. The van der Waals surface area contributed by atoms with Gasteiger partial charge in [-0.1, -0.05) is 112 Å².